The molecule has 3 heterocycles. The highest BCUT2D eigenvalue weighted by Gasteiger charge is 2.29. The second kappa shape index (κ2) is 6.06. The quantitative estimate of drug-likeness (QED) is 0.321. The number of methoxy groups -OCH3 is 1. The van der Waals surface area contributed by atoms with Crippen molar-refractivity contribution in [2.24, 2.45) is 0 Å². The third-order valence-corrected chi connectivity index (χ3v) is 5.09. The van der Waals surface area contributed by atoms with Gasteiger partial charge in [-0.25, -0.2) is 0 Å². The number of nitrogens with two attached hydrogens (primary N) is 1. The van der Waals surface area contributed by atoms with E-state index in [0.29, 0.717) is 17.0 Å². The van der Waals surface area contributed by atoms with Crippen LogP contribution in [-0.4, -0.2) is 23.0 Å². The van der Waals surface area contributed by atoms with Crippen LogP contribution in [0.5, 0.6) is 5.75 Å². The summed E-state index contributed by atoms with van der Waals surface area (Å²) in [7, 11) is 1.60. The molecule has 4 aromatic rings. The van der Waals surface area contributed by atoms with Crippen LogP contribution in [0, 0.1) is 0 Å². The van der Waals surface area contributed by atoms with Gasteiger partial charge in [-0.2, -0.15) is 0 Å². The first kappa shape index (κ1) is 16.3. The number of rotatable bonds is 3. The minimum atomic E-state index is -0.166. The zero-order valence-corrected chi connectivity index (χ0v) is 15.2. The molecule has 0 saturated heterocycles. The molecule has 6 heteroatoms. The number of nitrogens with one attached hydrogen (secondary N) is 3. The van der Waals surface area contributed by atoms with Crippen LogP contribution in [0.4, 0.5) is 11.4 Å². The number of nitrogen functional groups attached to an aromatic ring is 1. The Hall–Kier alpha value is -3.93. The van der Waals surface area contributed by atoms with E-state index < -0.39 is 0 Å². The lowest BCUT2D eigenvalue weighted by Gasteiger charge is -2.12. The van der Waals surface area contributed by atoms with Crippen molar-refractivity contribution in [3.05, 3.63) is 66.1 Å². The van der Waals surface area contributed by atoms with Crippen molar-refractivity contribution < 1.29 is 9.53 Å². The number of amides is 1. The van der Waals surface area contributed by atoms with Crippen LogP contribution in [0.3, 0.4) is 0 Å². The van der Waals surface area contributed by atoms with Gasteiger partial charge in [-0.3, -0.25) is 4.79 Å². The molecule has 1 amide bonds. The van der Waals surface area contributed by atoms with Gasteiger partial charge in [0.05, 0.1) is 18.4 Å². The van der Waals surface area contributed by atoms with Gasteiger partial charge in [-0.1, -0.05) is 6.07 Å². The maximum Gasteiger partial charge on any atom is 0.256 e. The number of carbonyl (C=O) groups excluding carboxylic acids is 1. The van der Waals surface area contributed by atoms with E-state index in [1.807, 2.05) is 42.6 Å². The van der Waals surface area contributed by atoms with Crippen molar-refractivity contribution in [1.82, 2.24) is 9.97 Å². The second-order valence-corrected chi connectivity index (χ2v) is 6.70. The number of anilines is 2. The van der Waals surface area contributed by atoms with Gasteiger partial charge < -0.3 is 25.8 Å². The van der Waals surface area contributed by atoms with E-state index in [-0.39, 0.29) is 5.91 Å². The summed E-state index contributed by atoms with van der Waals surface area (Å²) in [6, 6.07) is 13.6. The SMILES string of the molecule is COc1cc[nH]c1/C=C1\C(=O)Nc2ccc(N)c(-c3ccc4[nH]ccc4c3)c21. The Morgan fingerprint density at radius 1 is 1.00 bits per heavy atom. The predicted molar refractivity (Wildman–Crippen MR) is 112 cm³/mol. The Kier molecular flexibility index (Phi) is 3.52. The summed E-state index contributed by atoms with van der Waals surface area (Å²) in [6.07, 6.45) is 5.48. The predicted octanol–water partition coefficient (Wildman–Crippen LogP) is 4.25. The van der Waals surface area contributed by atoms with Gasteiger partial charge in [-0.05, 0) is 53.4 Å². The summed E-state index contributed by atoms with van der Waals surface area (Å²) >= 11 is 0. The van der Waals surface area contributed by atoms with Gasteiger partial charge in [-0.15, -0.1) is 0 Å². The fourth-order valence-corrected chi connectivity index (χ4v) is 3.77. The van der Waals surface area contributed by atoms with Crippen LogP contribution in [0.1, 0.15) is 11.3 Å². The molecule has 138 valence electrons. The van der Waals surface area contributed by atoms with E-state index in [2.05, 4.69) is 21.4 Å². The Labute approximate surface area is 161 Å². The first-order chi connectivity index (χ1) is 13.7. The van der Waals surface area contributed by atoms with E-state index in [4.69, 9.17) is 10.5 Å². The highest BCUT2D eigenvalue weighted by Crippen LogP contribution is 2.44. The smallest absolute Gasteiger partial charge is 0.256 e. The molecule has 6 nitrogen and oxygen atoms in total. The Morgan fingerprint density at radius 3 is 2.71 bits per heavy atom. The zero-order valence-electron chi connectivity index (χ0n) is 15.2. The summed E-state index contributed by atoms with van der Waals surface area (Å²) in [4.78, 5) is 19.1. The number of fused-ring (bicyclic) bond motifs is 2. The highest BCUT2D eigenvalue weighted by molar-refractivity contribution is 6.36. The molecule has 1 aliphatic heterocycles. The molecular formula is C22H18N4O2. The van der Waals surface area contributed by atoms with Crippen LogP contribution in [0.2, 0.25) is 0 Å². The van der Waals surface area contributed by atoms with Gasteiger partial charge in [0, 0.05) is 40.4 Å². The molecule has 0 unspecified atom stereocenters. The molecule has 0 atom stereocenters. The molecule has 0 aliphatic carbocycles. The Balaban J connectivity index is 1.75. The van der Waals surface area contributed by atoms with E-state index >= 15 is 0 Å². The summed E-state index contributed by atoms with van der Waals surface area (Å²) in [5, 5.41) is 4.03. The van der Waals surface area contributed by atoms with Crippen LogP contribution in [-0.2, 0) is 4.79 Å². The van der Waals surface area contributed by atoms with Crippen molar-refractivity contribution >= 4 is 39.8 Å². The third kappa shape index (κ3) is 2.39. The third-order valence-electron chi connectivity index (χ3n) is 5.09. The number of aromatic amines is 2. The maximum absolute atomic E-state index is 12.7. The topological polar surface area (TPSA) is 95.9 Å². The standard InChI is InChI=1S/C22H18N4O2/c1-28-19-7-9-25-18(19)11-14-21-17(26-22(14)27)5-3-15(23)20(21)13-2-4-16-12(10-13)6-8-24-16/h2-11,24-25H,23H2,1H3,(H,26,27)/b14-11-. The Morgan fingerprint density at radius 2 is 1.86 bits per heavy atom. The van der Waals surface area contributed by atoms with Crippen molar-refractivity contribution in [3.8, 4) is 16.9 Å². The molecule has 2 aromatic heterocycles. The summed E-state index contributed by atoms with van der Waals surface area (Å²) in [5.41, 5.74) is 12.7. The largest absolute Gasteiger partial charge is 0.495 e. The fourth-order valence-electron chi connectivity index (χ4n) is 3.77. The molecule has 0 radical (unpaired) electrons. The van der Waals surface area contributed by atoms with Gasteiger partial charge in [0.15, 0.2) is 0 Å². The van der Waals surface area contributed by atoms with Crippen molar-refractivity contribution in [3.63, 3.8) is 0 Å². The molecule has 2 aromatic carbocycles. The van der Waals surface area contributed by atoms with E-state index in [0.717, 1.165) is 39.0 Å². The fraction of sp³-hybridized carbons (Fsp3) is 0.0455. The van der Waals surface area contributed by atoms with Crippen LogP contribution in [0.25, 0.3) is 33.7 Å². The second-order valence-electron chi connectivity index (χ2n) is 6.70. The molecule has 0 saturated carbocycles. The summed E-state index contributed by atoms with van der Waals surface area (Å²) in [5.74, 6) is 0.508. The lowest BCUT2D eigenvalue weighted by atomic mass is 9.92. The van der Waals surface area contributed by atoms with E-state index in [1.165, 1.54) is 0 Å². The molecule has 28 heavy (non-hydrogen) atoms. The molecule has 0 fully saturated rings. The molecule has 0 bridgehead atoms. The minimum Gasteiger partial charge on any atom is -0.495 e. The number of aromatic nitrogens is 2. The monoisotopic (exact) mass is 370 g/mol. The minimum absolute atomic E-state index is 0.166. The van der Waals surface area contributed by atoms with Crippen molar-refractivity contribution in [2.45, 2.75) is 0 Å². The maximum atomic E-state index is 12.7. The Bertz CT molecular complexity index is 1260. The summed E-state index contributed by atoms with van der Waals surface area (Å²) < 4.78 is 5.36. The summed E-state index contributed by atoms with van der Waals surface area (Å²) in [6.45, 7) is 0. The van der Waals surface area contributed by atoms with Gasteiger partial charge in [0.1, 0.15) is 5.75 Å². The lowest BCUT2D eigenvalue weighted by molar-refractivity contribution is -0.110. The number of hydrogen-bond acceptors (Lipinski definition) is 3. The first-order valence-electron chi connectivity index (χ1n) is 8.90. The molecular weight excluding hydrogens is 352 g/mol. The van der Waals surface area contributed by atoms with E-state index in [9.17, 15) is 4.79 Å². The zero-order chi connectivity index (χ0) is 19.3. The number of carbonyl (C=O) groups is 1. The van der Waals surface area contributed by atoms with Gasteiger partial charge in [0.25, 0.3) is 5.91 Å². The molecule has 1 aliphatic rings. The normalized spacial score (nSPS) is 14.5. The van der Waals surface area contributed by atoms with Crippen LogP contribution < -0.4 is 15.8 Å². The number of ether oxygens (including phenoxy) is 1. The van der Waals surface area contributed by atoms with Crippen molar-refractivity contribution in [2.75, 3.05) is 18.2 Å². The molecule has 0 spiro atoms. The number of benzene rings is 2. The van der Waals surface area contributed by atoms with Crippen molar-refractivity contribution in [1.29, 1.82) is 0 Å². The van der Waals surface area contributed by atoms with Crippen LogP contribution >= 0.6 is 0 Å². The van der Waals surface area contributed by atoms with Gasteiger partial charge in [0.2, 0.25) is 0 Å². The number of H-pyrrole nitrogens is 2. The first-order valence-corrected chi connectivity index (χ1v) is 8.90. The molecule has 5 N–H and O–H groups in total. The average Bonchev–Trinajstić information content (AvgIpc) is 3.41. The number of hydrogen-bond donors (Lipinski definition) is 4. The molecule has 5 rings (SSSR count). The lowest BCUT2D eigenvalue weighted by Crippen LogP contribution is -2.03. The van der Waals surface area contributed by atoms with E-state index in [1.54, 1.807) is 19.4 Å². The van der Waals surface area contributed by atoms with Gasteiger partial charge >= 0.3 is 0 Å². The highest BCUT2D eigenvalue weighted by atomic mass is 16.5. The average molecular weight is 370 g/mol. The van der Waals surface area contributed by atoms with Crippen LogP contribution in [0.15, 0.2) is 54.9 Å².